The Morgan fingerprint density at radius 3 is 2.43 bits per heavy atom. The molecular formula is C25H23BrN2O6S. The normalized spacial score (nSPS) is 12.5. The Kier molecular flexibility index (Phi) is 9.59. The first-order chi connectivity index (χ1) is 16.9. The highest BCUT2D eigenvalue weighted by atomic mass is 79.9. The van der Waals surface area contributed by atoms with Crippen LogP contribution in [0.1, 0.15) is 11.7 Å². The highest BCUT2D eigenvalue weighted by molar-refractivity contribution is 9.10. The van der Waals surface area contributed by atoms with Crippen molar-refractivity contribution in [1.29, 1.82) is 0 Å². The van der Waals surface area contributed by atoms with Crippen LogP contribution in [0.3, 0.4) is 0 Å². The lowest BCUT2D eigenvalue weighted by atomic mass is 10.0. The molecule has 4 N–H and O–H groups in total. The van der Waals surface area contributed by atoms with Crippen LogP contribution in [0.4, 0.5) is 10.5 Å². The van der Waals surface area contributed by atoms with Gasteiger partial charge >= 0.3 is 6.09 Å². The van der Waals surface area contributed by atoms with Gasteiger partial charge in [-0.25, -0.2) is 10.3 Å². The van der Waals surface area contributed by atoms with Crippen LogP contribution in [0.25, 0.3) is 0 Å². The van der Waals surface area contributed by atoms with Gasteiger partial charge in [-0.05, 0) is 66.9 Å². The lowest BCUT2D eigenvalue weighted by Gasteiger charge is -2.27. The number of aromatic hydroxyl groups is 1. The summed E-state index contributed by atoms with van der Waals surface area (Å²) < 4.78 is 12.4. The van der Waals surface area contributed by atoms with Crippen LogP contribution in [0.2, 0.25) is 0 Å². The van der Waals surface area contributed by atoms with E-state index in [0.717, 1.165) is 11.0 Å². The topological polar surface area (TPSA) is 117 Å². The maximum absolute atomic E-state index is 12.9. The highest BCUT2D eigenvalue weighted by Crippen LogP contribution is 2.34. The Bertz CT molecular complexity index is 1170. The number of thioether (sulfide) groups is 1. The maximum atomic E-state index is 12.9. The number of ether oxygens (including phenoxy) is 2. The average molecular weight is 559 g/mol. The van der Waals surface area contributed by atoms with E-state index in [4.69, 9.17) is 14.7 Å². The van der Waals surface area contributed by atoms with Crippen molar-refractivity contribution in [2.24, 2.45) is 0 Å². The second-order valence-corrected chi connectivity index (χ2v) is 8.91. The summed E-state index contributed by atoms with van der Waals surface area (Å²) in [6.45, 7) is 0. The molecule has 10 heteroatoms. The Morgan fingerprint density at radius 2 is 1.77 bits per heavy atom. The number of para-hydroxylation sites is 1. The molecule has 0 aliphatic rings. The molecule has 0 bridgehead atoms. The quantitative estimate of drug-likeness (QED) is 0.115. The van der Waals surface area contributed by atoms with Gasteiger partial charge in [-0.3, -0.25) is 15.3 Å². The molecule has 0 spiro atoms. The fourth-order valence-corrected chi connectivity index (χ4v) is 3.86. The molecule has 0 aliphatic carbocycles. The summed E-state index contributed by atoms with van der Waals surface area (Å²) in [6, 6.07) is 20.6. The zero-order chi connectivity index (χ0) is 25.2. The molecule has 3 aromatic rings. The Balaban J connectivity index is 1.96. The van der Waals surface area contributed by atoms with E-state index in [1.54, 1.807) is 66.4 Å². The molecule has 2 amide bonds. The van der Waals surface area contributed by atoms with E-state index in [-0.39, 0.29) is 11.3 Å². The van der Waals surface area contributed by atoms with Crippen molar-refractivity contribution in [3.05, 3.63) is 95.0 Å². The van der Waals surface area contributed by atoms with E-state index in [2.05, 4.69) is 21.2 Å². The molecule has 0 unspecified atom stereocenters. The van der Waals surface area contributed by atoms with Gasteiger partial charge in [0.15, 0.2) is 12.2 Å². The average Bonchev–Trinajstić information content (AvgIpc) is 2.87. The van der Waals surface area contributed by atoms with Crippen molar-refractivity contribution in [3.8, 4) is 11.5 Å². The number of halogens is 1. The van der Waals surface area contributed by atoms with Crippen LogP contribution in [0.15, 0.2) is 94.3 Å². The zero-order valence-electron chi connectivity index (χ0n) is 18.6. The minimum Gasteiger partial charge on any atom is -0.508 e. The van der Waals surface area contributed by atoms with E-state index >= 15 is 0 Å². The van der Waals surface area contributed by atoms with Crippen molar-refractivity contribution < 1.29 is 29.4 Å². The number of phenolic OH excluding ortho intramolecular Hbond substituents is 1. The van der Waals surface area contributed by atoms with Crippen molar-refractivity contribution >= 4 is 45.4 Å². The van der Waals surface area contributed by atoms with Gasteiger partial charge in [0.2, 0.25) is 0 Å². The van der Waals surface area contributed by atoms with Crippen LogP contribution in [-0.4, -0.2) is 34.7 Å². The number of carbonyl (C=O) groups excluding carboxylic acids is 2. The fourth-order valence-electron chi connectivity index (χ4n) is 3.08. The molecule has 0 saturated heterocycles. The molecule has 0 saturated carbocycles. The van der Waals surface area contributed by atoms with Crippen molar-refractivity contribution in [2.75, 3.05) is 11.6 Å². The standard InChI is InChI=1S/C25H23BrN2O6S/c1-35-19-10-8-17(9-11-19)27-25(31)34-24(20-15-16(26)7-12-21(20)29)22(13-14-23(30)28-32)33-18-5-3-2-4-6-18/h2-15,22,24,29,32H,1H3,(H,27,31)(H,28,30)/b14-13+/t22-,24-/m1/s1. The molecule has 182 valence electrons. The molecule has 3 rings (SSSR count). The minimum atomic E-state index is -1.18. The van der Waals surface area contributed by atoms with Gasteiger partial charge in [0.25, 0.3) is 5.91 Å². The number of hydrogen-bond donors (Lipinski definition) is 4. The molecule has 8 nitrogen and oxygen atoms in total. The van der Waals surface area contributed by atoms with Gasteiger partial charge < -0.3 is 14.6 Å². The van der Waals surface area contributed by atoms with Crippen molar-refractivity contribution in [2.45, 2.75) is 17.1 Å². The number of phenols is 1. The van der Waals surface area contributed by atoms with E-state index < -0.39 is 24.2 Å². The van der Waals surface area contributed by atoms with Gasteiger partial charge in [0.1, 0.15) is 11.5 Å². The second-order valence-electron chi connectivity index (χ2n) is 7.11. The SMILES string of the molecule is CSc1ccc(NC(=O)O[C@H](c2cc(Br)ccc2O)[C@@H](/C=C/C(=O)NO)Oc2ccccc2)cc1. The molecular weight excluding hydrogens is 536 g/mol. The molecule has 0 radical (unpaired) electrons. The summed E-state index contributed by atoms with van der Waals surface area (Å²) in [5, 5.41) is 22.1. The molecule has 0 heterocycles. The second kappa shape index (κ2) is 12.8. The summed E-state index contributed by atoms with van der Waals surface area (Å²) in [6.07, 6.45) is 1.28. The zero-order valence-corrected chi connectivity index (χ0v) is 21.0. The molecule has 0 aliphatic heterocycles. The van der Waals surface area contributed by atoms with E-state index in [1.165, 1.54) is 17.6 Å². The van der Waals surface area contributed by atoms with Crippen molar-refractivity contribution in [1.82, 2.24) is 5.48 Å². The van der Waals surface area contributed by atoms with Gasteiger partial charge in [0.05, 0.1) is 0 Å². The van der Waals surface area contributed by atoms with E-state index in [1.807, 2.05) is 18.4 Å². The molecule has 3 aromatic carbocycles. The van der Waals surface area contributed by atoms with Gasteiger partial charge in [-0.2, -0.15) is 0 Å². The first kappa shape index (κ1) is 26.1. The summed E-state index contributed by atoms with van der Waals surface area (Å²) in [5.74, 6) is -0.512. The number of rotatable bonds is 9. The third-order valence-electron chi connectivity index (χ3n) is 4.73. The predicted octanol–water partition coefficient (Wildman–Crippen LogP) is 5.68. The number of amides is 2. The first-order valence-electron chi connectivity index (χ1n) is 10.3. The van der Waals surface area contributed by atoms with Gasteiger partial charge in [0, 0.05) is 26.7 Å². The smallest absolute Gasteiger partial charge is 0.412 e. The minimum absolute atomic E-state index is 0.142. The molecule has 35 heavy (non-hydrogen) atoms. The van der Waals surface area contributed by atoms with Crippen LogP contribution in [0, 0.1) is 0 Å². The Morgan fingerprint density at radius 1 is 1.06 bits per heavy atom. The number of carbonyl (C=O) groups is 2. The molecule has 2 atom stereocenters. The van der Waals surface area contributed by atoms with E-state index in [0.29, 0.717) is 15.9 Å². The monoisotopic (exact) mass is 558 g/mol. The van der Waals surface area contributed by atoms with Crippen LogP contribution < -0.4 is 15.5 Å². The molecule has 0 aromatic heterocycles. The molecule has 0 fully saturated rings. The van der Waals surface area contributed by atoms with Gasteiger partial charge in [-0.1, -0.05) is 34.1 Å². The predicted molar refractivity (Wildman–Crippen MR) is 137 cm³/mol. The summed E-state index contributed by atoms with van der Waals surface area (Å²) in [4.78, 5) is 25.6. The third kappa shape index (κ3) is 7.78. The number of hydroxylamine groups is 1. The first-order valence-corrected chi connectivity index (χ1v) is 12.4. The largest absolute Gasteiger partial charge is 0.508 e. The van der Waals surface area contributed by atoms with E-state index in [9.17, 15) is 14.7 Å². The van der Waals surface area contributed by atoms with Crippen LogP contribution in [0.5, 0.6) is 11.5 Å². The fraction of sp³-hybridized carbons (Fsp3) is 0.120. The summed E-state index contributed by atoms with van der Waals surface area (Å²) >= 11 is 4.93. The number of nitrogens with one attached hydrogen (secondary N) is 2. The number of hydrogen-bond acceptors (Lipinski definition) is 7. The Labute approximate surface area is 215 Å². The third-order valence-corrected chi connectivity index (χ3v) is 5.96. The number of anilines is 1. The van der Waals surface area contributed by atoms with Crippen LogP contribution >= 0.6 is 27.7 Å². The lowest BCUT2D eigenvalue weighted by Crippen LogP contribution is -2.30. The lowest BCUT2D eigenvalue weighted by molar-refractivity contribution is -0.124. The maximum Gasteiger partial charge on any atom is 0.412 e. The summed E-state index contributed by atoms with van der Waals surface area (Å²) in [7, 11) is 0. The summed E-state index contributed by atoms with van der Waals surface area (Å²) in [5.41, 5.74) is 2.26. The van der Waals surface area contributed by atoms with Crippen molar-refractivity contribution in [3.63, 3.8) is 0 Å². The highest BCUT2D eigenvalue weighted by Gasteiger charge is 2.30. The Hall–Kier alpha value is -3.47. The van der Waals surface area contributed by atoms with Gasteiger partial charge in [-0.15, -0.1) is 11.8 Å². The van der Waals surface area contributed by atoms with Crippen LogP contribution in [-0.2, 0) is 9.53 Å². The number of benzene rings is 3.